The Kier molecular flexibility index (Phi) is 3.20. The number of aromatic nitrogens is 4. The topological polar surface area (TPSA) is 49.6 Å². The van der Waals surface area contributed by atoms with Crippen molar-refractivity contribution in [2.75, 3.05) is 37.6 Å². The van der Waals surface area contributed by atoms with Crippen molar-refractivity contribution in [2.45, 2.75) is 6.18 Å². The highest BCUT2D eigenvalue weighted by molar-refractivity contribution is 5.45. The van der Waals surface area contributed by atoms with E-state index in [1.54, 1.807) is 10.6 Å². The van der Waals surface area contributed by atoms with E-state index < -0.39 is 12.7 Å². The predicted molar refractivity (Wildman–Crippen MR) is 65.5 cm³/mol. The molecule has 1 fully saturated rings. The molecule has 2 aromatic heterocycles. The van der Waals surface area contributed by atoms with Crippen LogP contribution in [-0.2, 0) is 0 Å². The van der Waals surface area contributed by atoms with E-state index >= 15 is 0 Å². The third kappa shape index (κ3) is 2.82. The van der Waals surface area contributed by atoms with Crippen LogP contribution in [0.1, 0.15) is 0 Å². The van der Waals surface area contributed by atoms with E-state index in [0.717, 1.165) is 5.82 Å². The highest BCUT2D eigenvalue weighted by Crippen LogP contribution is 2.19. The zero-order chi connectivity index (χ0) is 14.2. The molecule has 0 saturated carbocycles. The van der Waals surface area contributed by atoms with Crippen LogP contribution in [0.2, 0.25) is 0 Å². The van der Waals surface area contributed by atoms with E-state index in [9.17, 15) is 13.2 Å². The molecule has 20 heavy (non-hydrogen) atoms. The second-order valence-electron chi connectivity index (χ2n) is 4.70. The van der Waals surface area contributed by atoms with Crippen molar-refractivity contribution in [1.29, 1.82) is 0 Å². The van der Waals surface area contributed by atoms with E-state index in [4.69, 9.17) is 0 Å². The summed E-state index contributed by atoms with van der Waals surface area (Å²) in [5, 5.41) is 11.9. The third-order valence-electron chi connectivity index (χ3n) is 3.25. The Morgan fingerprint density at radius 2 is 1.85 bits per heavy atom. The fourth-order valence-electron chi connectivity index (χ4n) is 2.28. The molecule has 0 aromatic carbocycles. The van der Waals surface area contributed by atoms with Crippen molar-refractivity contribution >= 4 is 11.5 Å². The summed E-state index contributed by atoms with van der Waals surface area (Å²) in [6, 6.07) is 3.60. The summed E-state index contributed by atoms with van der Waals surface area (Å²) in [4.78, 5) is 3.38. The molecule has 0 bridgehead atoms. The van der Waals surface area contributed by atoms with Gasteiger partial charge in [0.2, 0.25) is 0 Å². The molecular weight excluding hydrogens is 273 g/mol. The molecule has 1 aliphatic rings. The minimum absolute atomic E-state index is 0.376. The normalized spacial score (nSPS) is 17.9. The standard InChI is InChI=1S/C11H13F3N6/c12-11(13,14)7-18-3-5-19(6-4-18)10-2-1-9-16-15-8-20(9)17-10/h1-2,8H,3-7H2. The number of nitrogens with zero attached hydrogens (tertiary/aromatic N) is 6. The fourth-order valence-corrected chi connectivity index (χ4v) is 2.28. The van der Waals surface area contributed by atoms with Crippen LogP contribution in [0.25, 0.3) is 5.65 Å². The van der Waals surface area contributed by atoms with Crippen molar-refractivity contribution in [3.63, 3.8) is 0 Å². The second kappa shape index (κ2) is 4.89. The number of anilines is 1. The number of alkyl halides is 3. The molecule has 9 heteroatoms. The molecule has 0 aliphatic carbocycles. The van der Waals surface area contributed by atoms with Gasteiger partial charge in [-0.1, -0.05) is 0 Å². The van der Waals surface area contributed by atoms with E-state index in [0.29, 0.717) is 31.8 Å². The summed E-state index contributed by atoms with van der Waals surface area (Å²) in [6.45, 7) is 0.953. The summed E-state index contributed by atoms with van der Waals surface area (Å²) in [5.74, 6) is 0.726. The molecule has 0 atom stereocenters. The van der Waals surface area contributed by atoms with Gasteiger partial charge in [-0.2, -0.15) is 17.7 Å². The largest absolute Gasteiger partial charge is 0.401 e. The quantitative estimate of drug-likeness (QED) is 0.817. The van der Waals surface area contributed by atoms with Crippen molar-refractivity contribution < 1.29 is 13.2 Å². The minimum atomic E-state index is -4.14. The Bertz CT molecular complexity index is 587. The van der Waals surface area contributed by atoms with Gasteiger partial charge >= 0.3 is 6.18 Å². The first-order valence-corrected chi connectivity index (χ1v) is 6.22. The van der Waals surface area contributed by atoms with Crippen LogP contribution in [0, 0.1) is 0 Å². The van der Waals surface area contributed by atoms with Gasteiger partial charge in [-0.3, -0.25) is 4.90 Å². The van der Waals surface area contributed by atoms with Gasteiger partial charge < -0.3 is 4.90 Å². The van der Waals surface area contributed by atoms with E-state index in [-0.39, 0.29) is 0 Å². The molecule has 0 amide bonds. The van der Waals surface area contributed by atoms with Gasteiger partial charge in [0.1, 0.15) is 12.1 Å². The molecule has 3 heterocycles. The lowest BCUT2D eigenvalue weighted by Gasteiger charge is -2.35. The zero-order valence-corrected chi connectivity index (χ0v) is 10.6. The number of rotatable bonds is 2. The van der Waals surface area contributed by atoms with Crippen molar-refractivity contribution in [1.82, 2.24) is 24.7 Å². The highest BCUT2D eigenvalue weighted by atomic mass is 19.4. The van der Waals surface area contributed by atoms with Gasteiger partial charge in [0.15, 0.2) is 5.65 Å². The van der Waals surface area contributed by atoms with Crippen LogP contribution in [0.3, 0.4) is 0 Å². The number of fused-ring (bicyclic) bond motifs is 1. The molecule has 6 nitrogen and oxygen atoms in total. The lowest BCUT2D eigenvalue weighted by molar-refractivity contribution is -0.146. The maximum atomic E-state index is 12.3. The summed E-state index contributed by atoms with van der Waals surface area (Å²) in [7, 11) is 0. The van der Waals surface area contributed by atoms with E-state index in [1.165, 1.54) is 11.2 Å². The molecule has 0 unspecified atom stereocenters. The minimum Gasteiger partial charge on any atom is -0.353 e. The van der Waals surface area contributed by atoms with Gasteiger partial charge in [0.05, 0.1) is 6.54 Å². The summed E-state index contributed by atoms with van der Waals surface area (Å²) in [6.07, 6.45) is -2.64. The van der Waals surface area contributed by atoms with Gasteiger partial charge in [-0.25, -0.2) is 0 Å². The van der Waals surface area contributed by atoms with Crippen LogP contribution in [0.15, 0.2) is 18.5 Å². The molecule has 0 spiro atoms. The summed E-state index contributed by atoms with van der Waals surface area (Å²) < 4.78 is 38.5. The van der Waals surface area contributed by atoms with Gasteiger partial charge in [-0.05, 0) is 12.1 Å². The maximum absolute atomic E-state index is 12.3. The van der Waals surface area contributed by atoms with Gasteiger partial charge in [0.25, 0.3) is 0 Å². The van der Waals surface area contributed by atoms with Crippen molar-refractivity contribution in [2.24, 2.45) is 0 Å². The average molecular weight is 286 g/mol. The summed E-state index contributed by atoms with van der Waals surface area (Å²) >= 11 is 0. The monoisotopic (exact) mass is 286 g/mol. The van der Waals surface area contributed by atoms with Crippen molar-refractivity contribution in [3.05, 3.63) is 18.5 Å². The molecule has 2 aromatic rings. The molecule has 1 saturated heterocycles. The molecule has 1 aliphatic heterocycles. The molecular formula is C11H13F3N6. The summed E-state index contributed by atoms with van der Waals surface area (Å²) in [5.41, 5.74) is 0.643. The van der Waals surface area contributed by atoms with Crippen LogP contribution < -0.4 is 4.90 Å². The first kappa shape index (κ1) is 13.1. The smallest absolute Gasteiger partial charge is 0.353 e. The molecule has 0 N–H and O–H groups in total. The molecule has 0 radical (unpaired) electrons. The average Bonchev–Trinajstić information content (AvgIpc) is 2.85. The number of hydrogen-bond acceptors (Lipinski definition) is 5. The Hall–Kier alpha value is -1.90. The van der Waals surface area contributed by atoms with Crippen LogP contribution in [0.4, 0.5) is 19.0 Å². The SMILES string of the molecule is FC(F)(F)CN1CCN(c2ccc3nncn3n2)CC1. The zero-order valence-electron chi connectivity index (χ0n) is 10.6. The lowest BCUT2D eigenvalue weighted by Crippen LogP contribution is -2.49. The first-order chi connectivity index (χ1) is 9.51. The lowest BCUT2D eigenvalue weighted by atomic mass is 10.3. The van der Waals surface area contributed by atoms with E-state index in [1.807, 2.05) is 11.0 Å². The van der Waals surface area contributed by atoms with Gasteiger partial charge in [-0.15, -0.1) is 15.3 Å². The number of hydrogen-bond donors (Lipinski definition) is 0. The molecule has 108 valence electrons. The Balaban J connectivity index is 1.65. The van der Waals surface area contributed by atoms with Gasteiger partial charge in [0, 0.05) is 26.2 Å². The maximum Gasteiger partial charge on any atom is 0.401 e. The third-order valence-corrected chi connectivity index (χ3v) is 3.25. The Labute approximate surface area is 112 Å². The second-order valence-corrected chi connectivity index (χ2v) is 4.70. The molecule has 3 rings (SSSR count). The highest BCUT2D eigenvalue weighted by Gasteiger charge is 2.32. The number of halogens is 3. The van der Waals surface area contributed by atoms with Crippen LogP contribution in [-0.4, -0.2) is 63.6 Å². The predicted octanol–water partition coefficient (Wildman–Crippen LogP) is 0.809. The van der Waals surface area contributed by atoms with Crippen LogP contribution >= 0.6 is 0 Å². The van der Waals surface area contributed by atoms with Crippen molar-refractivity contribution in [3.8, 4) is 0 Å². The Morgan fingerprint density at radius 3 is 2.55 bits per heavy atom. The van der Waals surface area contributed by atoms with E-state index in [2.05, 4.69) is 15.3 Å². The first-order valence-electron chi connectivity index (χ1n) is 6.22. The Morgan fingerprint density at radius 1 is 1.10 bits per heavy atom. The fraction of sp³-hybridized carbons (Fsp3) is 0.545. The number of piperazine rings is 1. The van der Waals surface area contributed by atoms with Crippen LogP contribution in [0.5, 0.6) is 0 Å².